The van der Waals surface area contributed by atoms with E-state index in [1.165, 1.54) is 5.56 Å². The molecule has 114 valence electrons. The summed E-state index contributed by atoms with van der Waals surface area (Å²) in [5.74, 6) is -0.114. The number of rotatable bonds is 3. The topological polar surface area (TPSA) is 41.1 Å². The maximum absolute atomic E-state index is 12.1. The molecular formula is C18H20N2OS. The fraction of sp³-hybridized carbons (Fsp3) is 0.222. The SMILES string of the molecule is Cc1ccccc1CC(=O)NC(=S)Nc1cccc(C)c1C. The Morgan fingerprint density at radius 2 is 1.68 bits per heavy atom. The van der Waals surface area contributed by atoms with Gasteiger partial charge in [-0.1, -0.05) is 36.4 Å². The first kappa shape index (κ1) is 16.2. The first-order valence-electron chi connectivity index (χ1n) is 7.19. The highest BCUT2D eigenvalue weighted by Crippen LogP contribution is 2.17. The van der Waals surface area contributed by atoms with Crippen molar-refractivity contribution in [2.45, 2.75) is 27.2 Å². The summed E-state index contributed by atoms with van der Waals surface area (Å²) in [6.07, 6.45) is 0.321. The average Bonchev–Trinajstić information content (AvgIpc) is 2.46. The molecule has 22 heavy (non-hydrogen) atoms. The molecule has 0 aliphatic carbocycles. The molecule has 0 spiro atoms. The summed E-state index contributed by atoms with van der Waals surface area (Å²) in [5, 5.41) is 6.14. The van der Waals surface area contributed by atoms with Gasteiger partial charge in [0.2, 0.25) is 5.91 Å². The molecule has 2 aromatic carbocycles. The van der Waals surface area contributed by atoms with Gasteiger partial charge in [0.1, 0.15) is 0 Å². The van der Waals surface area contributed by atoms with Crippen molar-refractivity contribution >= 4 is 28.9 Å². The predicted octanol–water partition coefficient (Wildman–Crippen LogP) is 3.67. The third-order valence-corrected chi connectivity index (χ3v) is 3.92. The third-order valence-electron chi connectivity index (χ3n) is 3.72. The van der Waals surface area contributed by atoms with Crippen LogP contribution in [0.3, 0.4) is 0 Å². The van der Waals surface area contributed by atoms with Gasteiger partial charge in [-0.05, 0) is 61.3 Å². The van der Waals surface area contributed by atoms with Crippen LogP contribution < -0.4 is 10.6 Å². The number of carbonyl (C=O) groups excluding carboxylic acids is 1. The predicted molar refractivity (Wildman–Crippen MR) is 95.2 cm³/mol. The van der Waals surface area contributed by atoms with Crippen molar-refractivity contribution in [3.05, 3.63) is 64.7 Å². The Labute approximate surface area is 136 Å². The molecule has 0 saturated heterocycles. The molecule has 0 bridgehead atoms. The number of nitrogens with one attached hydrogen (secondary N) is 2. The number of anilines is 1. The fourth-order valence-electron chi connectivity index (χ4n) is 2.19. The van der Waals surface area contributed by atoms with E-state index in [-0.39, 0.29) is 5.91 Å². The molecule has 0 fully saturated rings. The second kappa shape index (κ2) is 7.18. The summed E-state index contributed by atoms with van der Waals surface area (Å²) in [4.78, 5) is 12.1. The van der Waals surface area contributed by atoms with Gasteiger partial charge >= 0.3 is 0 Å². The van der Waals surface area contributed by atoms with Gasteiger partial charge in [-0.3, -0.25) is 4.79 Å². The van der Waals surface area contributed by atoms with Gasteiger partial charge in [0, 0.05) is 5.69 Å². The molecular weight excluding hydrogens is 292 g/mol. The molecule has 4 heteroatoms. The largest absolute Gasteiger partial charge is 0.332 e. The molecule has 0 aliphatic rings. The molecule has 0 radical (unpaired) electrons. The third kappa shape index (κ3) is 4.15. The van der Waals surface area contributed by atoms with Gasteiger partial charge in [-0.25, -0.2) is 0 Å². The Morgan fingerprint density at radius 1 is 1.00 bits per heavy atom. The number of benzene rings is 2. The van der Waals surface area contributed by atoms with Crippen molar-refractivity contribution in [3.63, 3.8) is 0 Å². The van der Waals surface area contributed by atoms with Crippen molar-refractivity contribution in [1.82, 2.24) is 5.32 Å². The summed E-state index contributed by atoms with van der Waals surface area (Å²) in [6.45, 7) is 6.06. The number of thiocarbonyl (C=S) groups is 1. The van der Waals surface area contributed by atoms with Crippen LogP contribution in [0.15, 0.2) is 42.5 Å². The van der Waals surface area contributed by atoms with Crippen molar-refractivity contribution in [1.29, 1.82) is 0 Å². The van der Waals surface area contributed by atoms with Gasteiger partial charge in [0.15, 0.2) is 5.11 Å². The lowest BCUT2D eigenvalue weighted by molar-refractivity contribution is -0.119. The number of carbonyl (C=O) groups is 1. The van der Waals surface area contributed by atoms with E-state index in [4.69, 9.17) is 12.2 Å². The summed E-state index contributed by atoms with van der Waals surface area (Å²) < 4.78 is 0. The standard InChI is InChI=1S/C18H20N2OS/c1-12-8-6-10-16(14(12)3)19-18(22)20-17(21)11-15-9-5-4-7-13(15)2/h4-10H,11H2,1-3H3,(H2,19,20,21,22). The van der Waals surface area contributed by atoms with Crippen molar-refractivity contribution in [2.24, 2.45) is 0 Å². The van der Waals surface area contributed by atoms with Gasteiger partial charge in [0.25, 0.3) is 0 Å². The molecule has 0 atom stereocenters. The highest BCUT2D eigenvalue weighted by Gasteiger charge is 2.09. The summed E-state index contributed by atoms with van der Waals surface area (Å²) in [5.41, 5.74) is 5.33. The van der Waals surface area contributed by atoms with Gasteiger partial charge in [-0.15, -0.1) is 0 Å². The van der Waals surface area contributed by atoms with E-state index in [1.807, 2.05) is 63.2 Å². The molecule has 1 amide bonds. The van der Waals surface area contributed by atoms with Crippen LogP contribution in [0.1, 0.15) is 22.3 Å². The molecule has 0 heterocycles. The molecule has 0 aliphatic heterocycles. The first-order valence-corrected chi connectivity index (χ1v) is 7.59. The van der Waals surface area contributed by atoms with E-state index in [0.29, 0.717) is 11.5 Å². The number of hydrogen-bond acceptors (Lipinski definition) is 2. The van der Waals surface area contributed by atoms with Gasteiger partial charge in [0.05, 0.1) is 6.42 Å². The Hall–Kier alpha value is -2.20. The number of amides is 1. The molecule has 2 aromatic rings. The Balaban J connectivity index is 1.96. The number of hydrogen-bond donors (Lipinski definition) is 2. The van der Waals surface area contributed by atoms with E-state index in [0.717, 1.165) is 22.4 Å². The van der Waals surface area contributed by atoms with Gasteiger partial charge < -0.3 is 10.6 Å². The zero-order chi connectivity index (χ0) is 16.1. The van der Waals surface area contributed by atoms with E-state index in [1.54, 1.807) is 0 Å². The zero-order valence-corrected chi connectivity index (χ0v) is 13.9. The summed E-state index contributed by atoms with van der Waals surface area (Å²) in [6, 6.07) is 13.8. The van der Waals surface area contributed by atoms with Crippen LogP contribution >= 0.6 is 12.2 Å². The fourth-order valence-corrected chi connectivity index (χ4v) is 2.42. The zero-order valence-electron chi connectivity index (χ0n) is 13.1. The van der Waals surface area contributed by atoms with E-state index < -0.39 is 0 Å². The highest BCUT2D eigenvalue weighted by molar-refractivity contribution is 7.80. The molecule has 0 aromatic heterocycles. The molecule has 2 N–H and O–H groups in total. The van der Waals surface area contributed by atoms with Crippen LogP contribution in [-0.2, 0) is 11.2 Å². The second-order valence-corrected chi connectivity index (χ2v) is 5.76. The van der Waals surface area contributed by atoms with Crippen molar-refractivity contribution in [3.8, 4) is 0 Å². The molecule has 2 rings (SSSR count). The lowest BCUT2D eigenvalue weighted by atomic mass is 10.1. The maximum Gasteiger partial charge on any atom is 0.230 e. The smallest absolute Gasteiger partial charge is 0.230 e. The van der Waals surface area contributed by atoms with Gasteiger partial charge in [-0.2, -0.15) is 0 Å². The summed E-state index contributed by atoms with van der Waals surface area (Å²) in [7, 11) is 0. The number of aryl methyl sites for hydroxylation is 2. The monoisotopic (exact) mass is 312 g/mol. The minimum atomic E-state index is -0.114. The molecule has 0 unspecified atom stereocenters. The van der Waals surface area contributed by atoms with Crippen LogP contribution in [0.5, 0.6) is 0 Å². The van der Waals surface area contributed by atoms with E-state index >= 15 is 0 Å². The van der Waals surface area contributed by atoms with Crippen LogP contribution in [0.4, 0.5) is 5.69 Å². The molecule has 0 saturated carbocycles. The maximum atomic E-state index is 12.1. The second-order valence-electron chi connectivity index (χ2n) is 5.35. The van der Waals surface area contributed by atoms with E-state index in [2.05, 4.69) is 10.6 Å². The average molecular weight is 312 g/mol. The normalized spacial score (nSPS) is 10.1. The Kier molecular flexibility index (Phi) is 5.28. The minimum Gasteiger partial charge on any atom is -0.332 e. The molecule has 3 nitrogen and oxygen atoms in total. The van der Waals surface area contributed by atoms with Crippen LogP contribution in [0.25, 0.3) is 0 Å². The van der Waals surface area contributed by atoms with Crippen LogP contribution in [0.2, 0.25) is 0 Å². The van der Waals surface area contributed by atoms with Crippen LogP contribution in [-0.4, -0.2) is 11.0 Å². The lowest BCUT2D eigenvalue weighted by Crippen LogP contribution is -2.35. The van der Waals surface area contributed by atoms with E-state index in [9.17, 15) is 4.79 Å². The Bertz CT molecular complexity index is 710. The van der Waals surface area contributed by atoms with Crippen LogP contribution in [0, 0.1) is 20.8 Å². The highest BCUT2D eigenvalue weighted by atomic mass is 32.1. The van der Waals surface area contributed by atoms with Crippen molar-refractivity contribution in [2.75, 3.05) is 5.32 Å². The quantitative estimate of drug-likeness (QED) is 0.850. The first-order chi connectivity index (χ1) is 10.5. The minimum absolute atomic E-state index is 0.114. The van der Waals surface area contributed by atoms with Crippen molar-refractivity contribution < 1.29 is 4.79 Å². The Morgan fingerprint density at radius 3 is 2.41 bits per heavy atom. The lowest BCUT2D eigenvalue weighted by Gasteiger charge is -2.13. The summed E-state index contributed by atoms with van der Waals surface area (Å²) >= 11 is 5.22.